The van der Waals surface area contributed by atoms with Gasteiger partial charge in [-0.1, -0.05) is 36.2 Å². The normalized spacial score (nSPS) is 33.6. The van der Waals surface area contributed by atoms with Crippen LogP contribution in [0.3, 0.4) is 0 Å². The molecule has 0 aromatic heterocycles. The van der Waals surface area contributed by atoms with Crippen molar-refractivity contribution in [2.24, 2.45) is 23.7 Å². The molecule has 0 bridgehead atoms. The minimum Gasteiger partial charge on any atom is -0.302 e. The van der Waals surface area contributed by atoms with Crippen LogP contribution in [0.1, 0.15) is 33.1 Å². The van der Waals surface area contributed by atoms with Gasteiger partial charge in [0.15, 0.2) is 0 Å². The SMILES string of the molecule is CC(C)C(CBr)CN1CC2CCCC2C1. The molecule has 15 heavy (non-hydrogen) atoms. The molecule has 0 aromatic rings. The highest BCUT2D eigenvalue weighted by atomic mass is 79.9. The summed E-state index contributed by atoms with van der Waals surface area (Å²) < 4.78 is 0. The molecule has 1 saturated heterocycles. The summed E-state index contributed by atoms with van der Waals surface area (Å²) in [5.74, 6) is 3.75. The zero-order valence-electron chi connectivity index (χ0n) is 10.1. The monoisotopic (exact) mass is 273 g/mol. The van der Waals surface area contributed by atoms with E-state index in [-0.39, 0.29) is 0 Å². The summed E-state index contributed by atoms with van der Waals surface area (Å²) in [6.45, 7) is 8.79. The molecule has 0 aromatic carbocycles. The molecule has 3 atom stereocenters. The Morgan fingerprint density at radius 3 is 2.27 bits per heavy atom. The van der Waals surface area contributed by atoms with Crippen LogP contribution in [0.2, 0.25) is 0 Å². The maximum atomic E-state index is 3.66. The Morgan fingerprint density at radius 2 is 1.80 bits per heavy atom. The number of halogens is 1. The van der Waals surface area contributed by atoms with Gasteiger partial charge in [-0.2, -0.15) is 0 Å². The van der Waals surface area contributed by atoms with Crippen molar-refractivity contribution in [1.82, 2.24) is 4.90 Å². The molecular formula is C13H24BrN. The van der Waals surface area contributed by atoms with Crippen LogP contribution in [0.4, 0.5) is 0 Å². The van der Waals surface area contributed by atoms with Gasteiger partial charge in [-0.25, -0.2) is 0 Å². The Morgan fingerprint density at radius 1 is 1.20 bits per heavy atom. The minimum atomic E-state index is 0.810. The average Bonchev–Trinajstić information content (AvgIpc) is 2.72. The van der Waals surface area contributed by atoms with E-state index in [1.165, 1.54) is 38.9 Å². The van der Waals surface area contributed by atoms with Gasteiger partial charge in [0.1, 0.15) is 0 Å². The van der Waals surface area contributed by atoms with Crippen LogP contribution in [0.25, 0.3) is 0 Å². The molecule has 2 fully saturated rings. The minimum absolute atomic E-state index is 0.810. The third kappa shape index (κ3) is 2.76. The van der Waals surface area contributed by atoms with Crippen LogP contribution in [0.15, 0.2) is 0 Å². The maximum absolute atomic E-state index is 3.66. The summed E-state index contributed by atoms with van der Waals surface area (Å²) in [4.78, 5) is 2.72. The second-order valence-electron chi connectivity index (χ2n) is 5.83. The molecule has 1 heterocycles. The predicted octanol–water partition coefficient (Wildman–Crippen LogP) is 3.39. The predicted molar refractivity (Wildman–Crippen MR) is 69.4 cm³/mol. The van der Waals surface area contributed by atoms with Gasteiger partial charge in [-0.3, -0.25) is 0 Å². The second kappa shape index (κ2) is 5.18. The first-order valence-electron chi connectivity index (χ1n) is 6.49. The quantitative estimate of drug-likeness (QED) is 0.710. The van der Waals surface area contributed by atoms with Crippen LogP contribution in [-0.2, 0) is 0 Å². The van der Waals surface area contributed by atoms with Crippen molar-refractivity contribution in [1.29, 1.82) is 0 Å². The third-order valence-electron chi connectivity index (χ3n) is 4.44. The largest absolute Gasteiger partial charge is 0.302 e. The summed E-state index contributed by atoms with van der Waals surface area (Å²) >= 11 is 3.66. The van der Waals surface area contributed by atoms with E-state index >= 15 is 0 Å². The van der Waals surface area contributed by atoms with Gasteiger partial charge in [0.2, 0.25) is 0 Å². The fourth-order valence-electron chi connectivity index (χ4n) is 3.25. The number of hydrogen-bond acceptors (Lipinski definition) is 1. The van der Waals surface area contributed by atoms with E-state index in [1.54, 1.807) is 0 Å². The van der Waals surface area contributed by atoms with Gasteiger partial charge < -0.3 is 4.90 Å². The summed E-state index contributed by atoms with van der Waals surface area (Å²) in [6, 6.07) is 0. The van der Waals surface area contributed by atoms with Crippen LogP contribution in [0, 0.1) is 23.7 Å². The second-order valence-corrected chi connectivity index (χ2v) is 6.48. The molecule has 3 unspecified atom stereocenters. The van der Waals surface area contributed by atoms with E-state index in [0.29, 0.717) is 0 Å². The molecule has 2 aliphatic rings. The van der Waals surface area contributed by atoms with Crippen molar-refractivity contribution in [2.75, 3.05) is 25.0 Å². The Bertz CT molecular complexity index is 193. The van der Waals surface area contributed by atoms with Gasteiger partial charge in [0.05, 0.1) is 0 Å². The number of rotatable bonds is 4. The highest BCUT2D eigenvalue weighted by Crippen LogP contribution is 2.38. The van der Waals surface area contributed by atoms with E-state index in [2.05, 4.69) is 34.7 Å². The molecule has 1 saturated carbocycles. The fraction of sp³-hybridized carbons (Fsp3) is 1.00. The highest BCUT2D eigenvalue weighted by molar-refractivity contribution is 9.09. The smallest absolute Gasteiger partial charge is 0.00743 e. The van der Waals surface area contributed by atoms with Crippen LogP contribution >= 0.6 is 15.9 Å². The Labute approximate surface area is 103 Å². The molecule has 0 radical (unpaired) electrons. The summed E-state index contributed by atoms with van der Waals surface area (Å²) in [5.41, 5.74) is 0. The number of nitrogens with zero attached hydrogens (tertiary/aromatic N) is 1. The molecule has 1 nitrogen and oxygen atoms in total. The lowest BCUT2D eigenvalue weighted by atomic mass is 9.97. The first-order valence-corrected chi connectivity index (χ1v) is 7.61. The molecule has 88 valence electrons. The lowest BCUT2D eigenvalue weighted by Crippen LogP contribution is -2.31. The number of alkyl halides is 1. The van der Waals surface area contributed by atoms with Crippen LogP contribution < -0.4 is 0 Å². The number of hydrogen-bond donors (Lipinski definition) is 0. The first kappa shape index (κ1) is 11.9. The van der Waals surface area contributed by atoms with Gasteiger partial charge >= 0.3 is 0 Å². The Hall–Kier alpha value is 0.440. The topological polar surface area (TPSA) is 3.24 Å². The van der Waals surface area contributed by atoms with Gasteiger partial charge in [0.25, 0.3) is 0 Å². The van der Waals surface area contributed by atoms with E-state index in [1.807, 2.05) is 0 Å². The third-order valence-corrected chi connectivity index (χ3v) is 5.27. The van der Waals surface area contributed by atoms with Crippen molar-refractivity contribution < 1.29 is 0 Å². The molecule has 1 aliphatic carbocycles. The van der Waals surface area contributed by atoms with Gasteiger partial charge in [0, 0.05) is 25.0 Å². The number of likely N-dealkylation sites (tertiary alicyclic amines) is 1. The molecule has 2 rings (SSSR count). The average molecular weight is 274 g/mol. The highest BCUT2D eigenvalue weighted by Gasteiger charge is 2.36. The van der Waals surface area contributed by atoms with Crippen molar-refractivity contribution in [2.45, 2.75) is 33.1 Å². The lowest BCUT2D eigenvalue weighted by Gasteiger charge is -2.25. The van der Waals surface area contributed by atoms with Gasteiger partial charge in [-0.05, 0) is 36.5 Å². The van der Waals surface area contributed by atoms with Crippen molar-refractivity contribution in [3.63, 3.8) is 0 Å². The molecule has 0 amide bonds. The van der Waals surface area contributed by atoms with Crippen LogP contribution in [0.5, 0.6) is 0 Å². The molecule has 2 heteroatoms. The summed E-state index contributed by atoms with van der Waals surface area (Å²) in [5, 5.41) is 1.16. The fourth-order valence-corrected chi connectivity index (χ4v) is 4.20. The molecule has 0 spiro atoms. The Balaban J connectivity index is 1.81. The zero-order chi connectivity index (χ0) is 10.8. The number of fused-ring (bicyclic) bond motifs is 1. The standard InChI is InChI=1S/C13H24BrN/c1-10(2)13(6-14)9-15-7-11-4-3-5-12(11)8-15/h10-13H,3-9H2,1-2H3. The van der Waals surface area contributed by atoms with Crippen molar-refractivity contribution in [3.8, 4) is 0 Å². The van der Waals surface area contributed by atoms with E-state index < -0.39 is 0 Å². The van der Waals surface area contributed by atoms with Crippen LogP contribution in [-0.4, -0.2) is 29.9 Å². The van der Waals surface area contributed by atoms with Crippen molar-refractivity contribution >= 4 is 15.9 Å². The molecule has 1 aliphatic heterocycles. The Kier molecular flexibility index (Phi) is 4.11. The molecular weight excluding hydrogens is 250 g/mol. The van der Waals surface area contributed by atoms with Gasteiger partial charge in [-0.15, -0.1) is 0 Å². The van der Waals surface area contributed by atoms with Crippen molar-refractivity contribution in [3.05, 3.63) is 0 Å². The van der Waals surface area contributed by atoms with E-state index in [9.17, 15) is 0 Å². The summed E-state index contributed by atoms with van der Waals surface area (Å²) in [7, 11) is 0. The van der Waals surface area contributed by atoms with E-state index in [0.717, 1.165) is 29.0 Å². The zero-order valence-corrected chi connectivity index (χ0v) is 11.7. The van der Waals surface area contributed by atoms with E-state index in [4.69, 9.17) is 0 Å². The lowest BCUT2D eigenvalue weighted by molar-refractivity contribution is 0.239. The molecule has 0 N–H and O–H groups in total. The first-order chi connectivity index (χ1) is 7.20. The summed E-state index contributed by atoms with van der Waals surface area (Å²) in [6.07, 6.45) is 4.50. The maximum Gasteiger partial charge on any atom is 0.00743 e.